The summed E-state index contributed by atoms with van der Waals surface area (Å²) in [4.78, 5) is 27.6. The molecule has 0 fully saturated rings. The van der Waals surface area contributed by atoms with Gasteiger partial charge in [0.15, 0.2) is 0 Å². The highest BCUT2D eigenvalue weighted by Gasteiger charge is 2.19. The van der Waals surface area contributed by atoms with E-state index in [2.05, 4.69) is 5.32 Å². The third kappa shape index (κ3) is 6.45. The normalized spacial score (nSPS) is 11.5. The highest BCUT2D eigenvalue weighted by atomic mass is 19.1. The van der Waals surface area contributed by atoms with Crippen molar-refractivity contribution in [3.8, 4) is 0 Å². The SMILES string of the molecule is Cc1ccc(CN(C(=O)c2cccc(F)c2)c2ccc(CC(=O)NC(C)c3ccccc3)cc2)cc1. The number of hydrogen-bond acceptors (Lipinski definition) is 2. The number of hydrogen-bond donors (Lipinski definition) is 1. The van der Waals surface area contributed by atoms with E-state index in [1.54, 1.807) is 11.0 Å². The molecule has 0 heterocycles. The number of benzene rings is 4. The predicted octanol–water partition coefficient (Wildman–Crippen LogP) is 6.40. The van der Waals surface area contributed by atoms with Crippen LogP contribution < -0.4 is 10.2 Å². The molecule has 4 nitrogen and oxygen atoms in total. The number of aryl methyl sites for hydroxylation is 1. The summed E-state index contributed by atoms with van der Waals surface area (Å²) in [5.74, 6) is -0.828. The number of carbonyl (C=O) groups excluding carboxylic acids is 2. The van der Waals surface area contributed by atoms with Crippen molar-refractivity contribution in [1.29, 1.82) is 0 Å². The van der Waals surface area contributed by atoms with Gasteiger partial charge in [0.05, 0.1) is 19.0 Å². The second-order valence-electron chi connectivity index (χ2n) is 8.93. The predicted molar refractivity (Wildman–Crippen MR) is 141 cm³/mol. The fourth-order valence-corrected chi connectivity index (χ4v) is 4.03. The van der Waals surface area contributed by atoms with Gasteiger partial charge in [-0.05, 0) is 60.9 Å². The van der Waals surface area contributed by atoms with Gasteiger partial charge in [-0.2, -0.15) is 0 Å². The first-order valence-corrected chi connectivity index (χ1v) is 12.0. The molecule has 0 aliphatic carbocycles. The van der Waals surface area contributed by atoms with Gasteiger partial charge in [-0.3, -0.25) is 9.59 Å². The van der Waals surface area contributed by atoms with E-state index in [0.717, 1.165) is 22.3 Å². The molecule has 0 aliphatic rings. The molecule has 182 valence electrons. The standard InChI is InChI=1S/C31H29FN2O2/c1-22-11-13-25(14-12-22)21-34(31(36)27-9-6-10-28(32)20-27)29-17-15-24(16-18-29)19-30(35)33-23(2)26-7-4-3-5-8-26/h3-18,20,23H,19,21H2,1-2H3,(H,33,35). The Hall–Kier alpha value is -4.25. The molecule has 0 bridgehead atoms. The van der Waals surface area contributed by atoms with Crippen molar-refractivity contribution in [2.75, 3.05) is 4.90 Å². The number of nitrogens with one attached hydrogen (secondary N) is 1. The monoisotopic (exact) mass is 480 g/mol. The Morgan fingerprint density at radius 2 is 1.50 bits per heavy atom. The molecule has 4 rings (SSSR count). The maximum atomic E-state index is 13.8. The van der Waals surface area contributed by atoms with Crippen molar-refractivity contribution in [3.05, 3.63) is 137 Å². The zero-order valence-corrected chi connectivity index (χ0v) is 20.4. The van der Waals surface area contributed by atoms with Gasteiger partial charge in [0, 0.05) is 11.3 Å². The van der Waals surface area contributed by atoms with E-state index >= 15 is 0 Å². The minimum Gasteiger partial charge on any atom is -0.349 e. The Kier molecular flexibility index (Phi) is 7.91. The summed E-state index contributed by atoms with van der Waals surface area (Å²) in [7, 11) is 0. The summed E-state index contributed by atoms with van der Waals surface area (Å²) < 4.78 is 13.8. The van der Waals surface area contributed by atoms with Gasteiger partial charge < -0.3 is 10.2 Å². The summed E-state index contributed by atoms with van der Waals surface area (Å²) in [6.07, 6.45) is 0.229. The highest BCUT2D eigenvalue weighted by molar-refractivity contribution is 6.06. The number of halogens is 1. The number of anilines is 1. The van der Waals surface area contributed by atoms with Gasteiger partial charge in [0.2, 0.25) is 5.91 Å². The molecule has 1 unspecified atom stereocenters. The van der Waals surface area contributed by atoms with Crippen molar-refractivity contribution in [2.24, 2.45) is 0 Å². The van der Waals surface area contributed by atoms with Crippen LogP contribution in [0.25, 0.3) is 0 Å². The Bertz CT molecular complexity index is 1320. The van der Waals surface area contributed by atoms with E-state index in [0.29, 0.717) is 12.2 Å². The molecular weight excluding hydrogens is 451 g/mol. The zero-order valence-electron chi connectivity index (χ0n) is 20.4. The van der Waals surface area contributed by atoms with E-state index in [-0.39, 0.29) is 29.8 Å². The Morgan fingerprint density at radius 1 is 0.833 bits per heavy atom. The van der Waals surface area contributed by atoms with Gasteiger partial charge in [0.25, 0.3) is 5.91 Å². The van der Waals surface area contributed by atoms with Crippen LogP contribution in [-0.2, 0) is 17.8 Å². The Balaban J connectivity index is 1.51. The van der Waals surface area contributed by atoms with Gasteiger partial charge in [-0.1, -0.05) is 78.4 Å². The lowest BCUT2D eigenvalue weighted by Crippen LogP contribution is -2.30. The van der Waals surface area contributed by atoms with Crippen molar-refractivity contribution in [2.45, 2.75) is 32.9 Å². The molecule has 1 N–H and O–H groups in total. The van der Waals surface area contributed by atoms with Crippen LogP contribution in [0.3, 0.4) is 0 Å². The van der Waals surface area contributed by atoms with Crippen molar-refractivity contribution < 1.29 is 14.0 Å². The second-order valence-corrected chi connectivity index (χ2v) is 8.93. The molecule has 36 heavy (non-hydrogen) atoms. The first-order valence-electron chi connectivity index (χ1n) is 12.0. The number of carbonyl (C=O) groups is 2. The molecule has 4 aromatic rings. The third-order valence-corrected chi connectivity index (χ3v) is 6.07. The van der Waals surface area contributed by atoms with E-state index in [1.165, 1.54) is 18.2 Å². The van der Waals surface area contributed by atoms with Crippen LogP contribution in [-0.4, -0.2) is 11.8 Å². The largest absolute Gasteiger partial charge is 0.349 e. The highest BCUT2D eigenvalue weighted by Crippen LogP contribution is 2.22. The first-order chi connectivity index (χ1) is 17.4. The molecule has 2 amide bonds. The number of nitrogens with zero attached hydrogens (tertiary/aromatic N) is 1. The fourth-order valence-electron chi connectivity index (χ4n) is 4.03. The molecule has 0 saturated heterocycles. The van der Waals surface area contributed by atoms with E-state index in [4.69, 9.17) is 0 Å². The van der Waals surface area contributed by atoms with Crippen LogP contribution in [0.5, 0.6) is 0 Å². The summed E-state index contributed by atoms with van der Waals surface area (Å²) in [5, 5.41) is 3.03. The molecule has 0 aromatic heterocycles. The minimum atomic E-state index is -0.456. The van der Waals surface area contributed by atoms with Crippen molar-refractivity contribution in [1.82, 2.24) is 5.32 Å². The van der Waals surface area contributed by atoms with Crippen LogP contribution in [0.2, 0.25) is 0 Å². The van der Waals surface area contributed by atoms with E-state index in [9.17, 15) is 14.0 Å². The van der Waals surface area contributed by atoms with Crippen LogP contribution in [0, 0.1) is 12.7 Å². The first kappa shape index (κ1) is 24.9. The lowest BCUT2D eigenvalue weighted by atomic mass is 10.1. The van der Waals surface area contributed by atoms with Gasteiger partial charge in [-0.15, -0.1) is 0 Å². The smallest absolute Gasteiger partial charge is 0.258 e. The van der Waals surface area contributed by atoms with Crippen LogP contribution in [0.4, 0.5) is 10.1 Å². The van der Waals surface area contributed by atoms with Crippen LogP contribution >= 0.6 is 0 Å². The number of amides is 2. The molecule has 0 radical (unpaired) electrons. The molecule has 0 saturated carbocycles. The van der Waals surface area contributed by atoms with E-state index in [1.807, 2.05) is 92.7 Å². The third-order valence-electron chi connectivity index (χ3n) is 6.07. The Labute approximate surface area is 211 Å². The zero-order chi connectivity index (χ0) is 25.5. The summed E-state index contributed by atoms with van der Waals surface area (Å²) in [6, 6.07) is 30.7. The quantitative estimate of drug-likeness (QED) is 0.317. The van der Waals surface area contributed by atoms with Crippen LogP contribution in [0.1, 0.15) is 45.6 Å². The fraction of sp³-hybridized carbons (Fsp3) is 0.161. The maximum absolute atomic E-state index is 13.8. The van der Waals surface area contributed by atoms with Crippen molar-refractivity contribution >= 4 is 17.5 Å². The summed E-state index contributed by atoms with van der Waals surface area (Å²) in [6.45, 7) is 4.30. The molecule has 0 spiro atoms. The van der Waals surface area contributed by atoms with Crippen LogP contribution in [0.15, 0.2) is 103 Å². The molecular formula is C31H29FN2O2. The topological polar surface area (TPSA) is 49.4 Å². The van der Waals surface area contributed by atoms with E-state index < -0.39 is 5.82 Å². The molecule has 0 aliphatic heterocycles. The van der Waals surface area contributed by atoms with Crippen molar-refractivity contribution in [3.63, 3.8) is 0 Å². The number of rotatable bonds is 8. The molecule has 5 heteroatoms. The average Bonchev–Trinajstić information content (AvgIpc) is 2.89. The molecule has 1 atom stereocenters. The summed E-state index contributed by atoms with van der Waals surface area (Å²) in [5.41, 5.74) is 4.93. The average molecular weight is 481 g/mol. The van der Waals surface area contributed by atoms with Gasteiger partial charge in [0.1, 0.15) is 5.82 Å². The minimum absolute atomic E-state index is 0.0774. The lowest BCUT2D eigenvalue weighted by Gasteiger charge is -2.24. The summed E-state index contributed by atoms with van der Waals surface area (Å²) >= 11 is 0. The van der Waals surface area contributed by atoms with Gasteiger partial charge in [-0.25, -0.2) is 4.39 Å². The Morgan fingerprint density at radius 3 is 2.17 bits per heavy atom. The molecule has 4 aromatic carbocycles. The lowest BCUT2D eigenvalue weighted by molar-refractivity contribution is -0.121. The van der Waals surface area contributed by atoms with Gasteiger partial charge >= 0.3 is 0 Å². The second kappa shape index (κ2) is 11.5. The maximum Gasteiger partial charge on any atom is 0.258 e.